The number of anilines is 1. The van der Waals surface area contributed by atoms with Crippen molar-refractivity contribution >= 4 is 29.0 Å². The lowest BCUT2D eigenvalue weighted by atomic mass is 10.0. The number of rotatable bonds is 3. The van der Waals surface area contributed by atoms with E-state index in [0.29, 0.717) is 24.4 Å². The Morgan fingerprint density at radius 1 is 1.57 bits per heavy atom. The molecule has 1 saturated heterocycles. The van der Waals surface area contributed by atoms with Gasteiger partial charge in [-0.15, -0.1) is 11.3 Å². The van der Waals surface area contributed by atoms with E-state index in [4.69, 9.17) is 4.52 Å². The van der Waals surface area contributed by atoms with E-state index >= 15 is 0 Å². The largest absolute Gasteiger partial charge is 0.353 e. The molecular formula is C14H15N3O3S. The van der Waals surface area contributed by atoms with Gasteiger partial charge in [0, 0.05) is 19.5 Å². The molecule has 110 valence electrons. The molecule has 0 aromatic carbocycles. The molecule has 0 aliphatic carbocycles. The van der Waals surface area contributed by atoms with Gasteiger partial charge in [0.2, 0.25) is 11.8 Å². The summed E-state index contributed by atoms with van der Waals surface area (Å²) in [4.78, 5) is 26.3. The predicted molar refractivity (Wildman–Crippen MR) is 78.9 cm³/mol. The highest BCUT2D eigenvalue weighted by molar-refractivity contribution is 7.13. The molecule has 1 aliphatic rings. The molecule has 3 rings (SSSR count). The Bertz CT molecular complexity index is 650. The van der Waals surface area contributed by atoms with Crippen molar-refractivity contribution in [3.63, 3.8) is 0 Å². The van der Waals surface area contributed by atoms with Gasteiger partial charge < -0.3 is 14.7 Å². The van der Waals surface area contributed by atoms with Crippen LogP contribution in [0.25, 0.3) is 10.6 Å². The van der Waals surface area contributed by atoms with Gasteiger partial charge in [-0.05, 0) is 24.3 Å². The molecule has 0 spiro atoms. The number of thiophene rings is 1. The highest BCUT2D eigenvalue weighted by Crippen LogP contribution is 2.27. The zero-order valence-electron chi connectivity index (χ0n) is 11.5. The first kappa shape index (κ1) is 13.8. The van der Waals surface area contributed by atoms with E-state index in [1.54, 1.807) is 13.1 Å². The summed E-state index contributed by atoms with van der Waals surface area (Å²) in [5.74, 6) is 0.764. The summed E-state index contributed by atoms with van der Waals surface area (Å²) in [5.41, 5.74) is 0. The van der Waals surface area contributed by atoms with Gasteiger partial charge in [0.25, 0.3) is 0 Å². The van der Waals surface area contributed by atoms with Crippen LogP contribution >= 0.6 is 11.3 Å². The Morgan fingerprint density at radius 3 is 3.19 bits per heavy atom. The van der Waals surface area contributed by atoms with E-state index in [9.17, 15) is 9.59 Å². The Morgan fingerprint density at radius 2 is 2.43 bits per heavy atom. The van der Waals surface area contributed by atoms with Crippen LogP contribution < -0.4 is 5.32 Å². The van der Waals surface area contributed by atoms with Gasteiger partial charge in [0.05, 0.1) is 4.88 Å². The summed E-state index contributed by atoms with van der Waals surface area (Å²) < 4.78 is 5.21. The molecule has 0 saturated carbocycles. The smallest absolute Gasteiger partial charge is 0.248 e. The molecule has 1 unspecified atom stereocenters. The Labute approximate surface area is 125 Å². The van der Waals surface area contributed by atoms with Crippen molar-refractivity contribution < 1.29 is 14.1 Å². The zero-order valence-corrected chi connectivity index (χ0v) is 12.4. The Hall–Kier alpha value is -2.15. The fraction of sp³-hybridized carbons (Fsp3) is 0.357. The van der Waals surface area contributed by atoms with Crippen LogP contribution in [0.4, 0.5) is 5.82 Å². The van der Waals surface area contributed by atoms with Crippen molar-refractivity contribution in [2.75, 3.05) is 12.4 Å². The zero-order chi connectivity index (χ0) is 14.8. The Balaban J connectivity index is 1.69. The number of hydrogen-bond donors (Lipinski definition) is 1. The van der Waals surface area contributed by atoms with Gasteiger partial charge in [-0.1, -0.05) is 11.2 Å². The van der Waals surface area contributed by atoms with Crippen LogP contribution in [0, 0.1) is 0 Å². The van der Waals surface area contributed by atoms with Gasteiger partial charge in [-0.25, -0.2) is 0 Å². The summed E-state index contributed by atoms with van der Waals surface area (Å²) >= 11 is 1.54. The number of nitrogens with zero attached hydrogens (tertiary/aromatic N) is 2. The van der Waals surface area contributed by atoms with Crippen molar-refractivity contribution in [1.29, 1.82) is 0 Å². The highest BCUT2D eigenvalue weighted by atomic mass is 32.1. The molecule has 7 heteroatoms. The van der Waals surface area contributed by atoms with E-state index in [2.05, 4.69) is 10.5 Å². The lowest BCUT2D eigenvalue weighted by molar-refractivity contribution is -0.140. The number of likely N-dealkylation sites (N-methyl/N-ethyl adjacent to an activating group) is 1. The van der Waals surface area contributed by atoms with E-state index in [1.807, 2.05) is 17.5 Å². The quantitative estimate of drug-likeness (QED) is 0.944. The molecule has 2 aromatic heterocycles. The summed E-state index contributed by atoms with van der Waals surface area (Å²) in [6.07, 6.45) is 1.91. The molecule has 21 heavy (non-hydrogen) atoms. The van der Waals surface area contributed by atoms with Crippen LogP contribution in [0.1, 0.15) is 19.3 Å². The van der Waals surface area contributed by atoms with Crippen molar-refractivity contribution in [3.8, 4) is 10.6 Å². The summed E-state index contributed by atoms with van der Waals surface area (Å²) in [6, 6.07) is 5.09. The maximum Gasteiger partial charge on any atom is 0.248 e. The van der Waals surface area contributed by atoms with Crippen LogP contribution in [0.2, 0.25) is 0 Å². The number of hydrogen-bond acceptors (Lipinski definition) is 5. The third-order valence-electron chi connectivity index (χ3n) is 3.56. The van der Waals surface area contributed by atoms with Crippen LogP contribution in [0.15, 0.2) is 28.1 Å². The number of carbonyl (C=O) groups excluding carboxylic acids is 2. The second-order valence-corrected chi connectivity index (χ2v) is 5.90. The van der Waals surface area contributed by atoms with Gasteiger partial charge in [0.15, 0.2) is 11.6 Å². The van der Waals surface area contributed by atoms with Gasteiger partial charge in [0.1, 0.15) is 6.04 Å². The summed E-state index contributed by atoms with van der Waals surface area (Å²) in [5, 5.41) is 8.50. The summed E-state index contributed by atoms with van der Waals surface area (Å²) in [6.45, 7) is 0. The third kappa shape index (κ3) is 2.82. The van der Waals surface area contributed by atoms with E-state index in [-0.39, 0.29) is 11.8 Å². The van der Waals surface area contributed by atoms with Gasteiger partial charge in [-0.2, -0.15) is 0 Å². The normalized spacial score (nSPS) is 18.8. The topological polar surface area (TPSA) is 75.4 Å². The third-order valence-corrected chi connectivity index (χ3v) is 4.44. The predicted octanol–water partition coefficient (Wildman–Crippen LogP) is 2.35. The SMILES string of the molecule is CN1C(=O)CCCC1C(=O)Nc1cc(-c2cccs2)on1. The molecule has 0 radical (unpaired) electrons. The minimum atomic E-state index is -0.437. The fourth-order valence-corrected chi connectivity index (χ4v) is 3.05. The second-order valence-electron chi connectivity index (χ2n) is 4.96. The van der Waals surface area contributed by atoms with Gasteiger partial charge in [-0.3, -0.25) is 9.59 Å². The minimum Gasteiger partial charge on any atom is -0.353 e. The number of piperidine rings is 1. The molecule has 1 N–H and O–H groups in total. The second kappa shape index (κ2) is 5.69. The molecule has 0 bridgehead atoms. The average Bonchev–Trinajstić information content (AvgIpc) is 3.12. The van der Waals surface area contributed by atoms with E-state index in [0.717, 1.165) is 11.3 Å². The van der Waals surface area contributed by atoms with Crippen molar-refractivity contribution in [3.05, 3.63) is 23.6 Å². The highest BCUT2D eigenvalue weighted by Gasteiger charge is 2.30. The van der Waals surface area contributed by atoms with Crippen molar-refractivity contribution in [1.82, 2.24) is 10.1 Å². The van der Waals surface area contributed by atoms with Crippen molar-refractivity contribution in [2.45, 2.75) is 25.3 Å². The first-order chi connectivity index (χ1) is 10.1. The number of carbonyl (C=O) groups is 2. The van der Waals surface area contributed by atoms with E-state index in [1.165, 1.54) is 16.2 Å². The first-order valence-electron chi connectivity index (χ1n) is 6.72. The van der Waals surface area contributed by atoms with Crippen LogP contribution in [0.5, 0.6) is 0 Å². The van der Waals surface area contributed by atoms with Gasteiger partial charge >= 0.3 is 0 Å². The van der Waals surface area contributed by atoms with Crippen LogP contribution in [-0.2, 0) is 9.59 Å². The molecule has 6 nitrogen and oxygen atoms in total. The molecule has 1 aliphatic heterocycles. The first-order valence-corrected chi connectivity index (χ1v) is 7.60. The summed E-state index contributed by atoms with van der Waals surface area (Å²) in [7, 11) is 1.66. The van der Waals surface area contributed by atoms with Crippen LogP contribution in [-0.4, -0.2) is 35.0 Å². The number of likely N-dealkylation sites (tertiary alicyclic amines) is 1. The number of amides is 2. The Kier molecular flexibility index (Phi) is 3.74. The molecule has 2 aromatic rings. The molecule has 2 amide bonds. The molecular weight excluding hydrogens is 290 g/mol. The minimum absolute atomic E-state index is 0.000766. The average molecular weight is 305 g/mol. The van der Waals surface area contributed by atoms with Crippen LogP contribution in [0.3, 0.4) is 0 Å². The standard InChI is InChI=1S/C14H15N3O3S/c1-17-9(4-2-6-13(17)18)14(19)15-12-8-10(20-16-12)11-5-3-7-21-11/h3,5,7-9H,2,4,6H2,1H3,(H,15,16,19). The molecule has 1 fully saturated rings. The number of aromatic nitrogens is 1. The lowest BCUT2D eigenvalue weighted by Crippen LogP contribution is -2.47. The maximum atomic E-state index is 12.2. The molecule has 3 heterocycles. The fourth-order valence-electron chi connectivity index (χ4n) is 2.38. The van der Waals surface area contributed by atoms with Crippen molar-refractivity contribution in [2.24, 2.45) is 0 Å². The number of nitrogens with one attached hydrogen (secondary N) is 1. The lowest BCUT2D eigenvalue weighted by Gasteiger charge is -2.30. The maximum absolute atomic E-state index is 12.2. The van der Waals surface area contributed by atoms with E-state index < -0.39 is 6.04 Å². The monoisotopic (exact) mass is 305 g/mol. The molecule has 1 atom stereocenters.